The number of nitrogens with zero attached hydrogens (tertiary/aromatic N) is 2. The lowest BCUT2D eigenvalue weighted by molar-refractivity contribution is 0.0955. The van der Waals surface area contributed by atoms with E-state index in [-0.39, 0.29) is 5.91 Å². The van der Waals surface area contributed by atoms with Crippen LogP contribution in [0, 0.1) is 25.2 Å². The number of nitriles is 1. The number of carbonyl (C=O) groups is 1. The maximum atomic E-state index is 12.7. The highest BCUT2D eigenvalue weighted by molar-refractivity contribution is 7.99. The Morgan fingerprint density at radius 2 is 2.00 bits per heavy atom. The number of hydrogen-bond donors (Lipinski definition) is 1. The number of rotatable bonds is 4. The van der Waals surface area contributed by atoms with E-state index in [0.717, 1.165) is 22.2 Å². The van der Waals surface area contributed by atoms with E-state index in [2.05, 4.69) is 22.2 Å². The third-order valence-corrected chi connectivity index (χ3v) is 6.53. The van der Waals surface area contributed by atoms with Gasteiger partial charge in [0.15, 0.2) is 0 Å². The van der Waals surface area contributed by atoms with E-state index in [0.29, 0.717) is 26.7 Å². The summed E-state index contributed by atoms with van der Waals surface area (Å²) in [5, 5.41) is 13.2. The van der Waals surface area contributed by atoms with E-state index in [1.165, 1.54) is 11.3 Å². The second-order valence-electron chi connectivity index (χ2n) is 6.51. The van der Waals surface area contributed by atoms with Crippen LogP contribution in [0.1, 0.15) is 32.1 Å². The highest BCUT2D eigenvalue weighted by Gasteiger charge is 2.20. The summed E-state index contributed by atoms with van der Waals surface area (Å²) in [6, 6.07) is 11.2. The number of aromatic nitrogens is 1. The summed E-state index contributed by atoms with van der Waals surface area (Å²) >= 11 is 1.23. The molecule has 0 aliphatic rings. The topological polar surface area (TPSA) is 82.8 Å². The van der Waals surface area contributed by atoms with Crippen molar-refractivity contribution in [2.45, 2.75) is 25.3 Å². The Balaban J connectivity index is 1.85. The summed E-state index contributed by atoms with van der Waals surface area (Å²) in [5.41, 5.74) is 3.04. The van der Waals surface area contributed by atoms with Crippen molar-refractivity contribution in [3.8, 4) is 6.07 Å². The number of pyridine rings is 1. The SMILES string of the molecule is C=S(C)(=O)c1ccc(CNC(=O)c2sc3nc(C)cc(C)c3c2C#N)cc1. The first kappa shape index (κ1) is 19.1. The molecule has 0 spiro atoms. The molecule has 1 unspecified atom stereocenters. The van der Waals surface area contributed by atoms with Gasteiger partial charge in [-0.1, -0.05) is 12.1 Å². The molecule has 3 rings (SSSR count). The van der Waals surface area contributed by atoms with Crippen LogP contribution in [0.5, 0.6) is 0 Å². The Labute approximate surface area is 162 Å². The molecule has 1 aromatic carbocycles. The van der Waals surface area contributed by atoms with E-state index in [1.54, 1.807) is 18.4 Å². The lowest BCUT2D eigenvalue weighted by Gasteiger charge is -2.07. The molecule has 0 bridgehead atoms. The van der Waals surface area contributed by atoms with Crippen LogP contribution in [-0.2, 0) is 16.1 Å². The second-order valence-corrected chi connectivity index (χ2v) is 9.99. The van der Waals surface area contributed by atoms with Gasteiger partial charge >= 0.3 is 0 Å². The van der Waals surface area contributed by atoms with Gasteiger partial charge in [-0.05, 0) is 58.6 Å². The molecule has 5 nitrogen and oxygen atoms in total. The lowest BCUT2D eigenvalue weighted by atomic mass is 10.1. The number of aryl methyl sites for hydroxylation is 2. The van der Waals surface area contributed by atoms with Crippen LogP contribution in [0.15, 0.2) is 35.2 Å². The predicted octanol–water partition coefficient (Wildman–Crippen LogP) is 3.42. The van der Waals surface area contributed by atoms with Crippen molar-refractivity contribution in [3.63, 3.8) is 0 Å². The highest BCUT2D eigenvalue weighted by atomic mass is 32.2. The van der Waals surface area contributed by atoms with Crippen molar-refractivity contribution in [2.24, 2.45) is 0 Å². The molecule has 1 N–H and O–H groups in total. The number of amides is 1. The smallest absolute Gasteiger partial charge is 0.263 e. The van der Waals surface area contributed by atoms with Crippen molar-refractivity contribution < 1.29 is 9.00 Å². The van der Waals surface area contributed by atoms with Crippen LogP contribution < -0.4 is 5.32 Å². The van der Waals surface area contributed by atoms with Crippen molar-refractivity contribution >= 4 is 42.9 Å². The molecular weight excluding hydrogens is 378 g/mol. The van der Waals surface area contributed by atoms with Gasteiger partial charge in [0.05, 0.1) is 5.56 Å². The molecule has 3 aromatic rings. The summed E-state index contributed by atoms with van der Waals surface area (Å²) < 4.78 is 11.9. The van der Waals surface area contributed by atoms with Crippen molar-refractivity contribution in [2.75, 3.05) is 6.26 Å². The van der Waals surface area contributed by atoms with Crippen molar-refractivity contribution in [1.82, 2.24) is 10.3 Å². The number of thiophene rings is 1. The Morgan fingerprint density at radius 3 is 2.59 bits per heavy atom. The summed E-state index contributed by atoms with van der Waals surface area (Å²) in [7, 11) is -2.25. The fourth-order valence-corrected chi connectivity index (χ4v) is 4.74. The maximum Gasteiger partial charge on any atom is 0.263 e. The van der Waals surface area contributed by atoms with Gasteiger partial charge in [0.25, 0.3) is 5.91 Å². The number of benzene rings is 1. The molecule has 1 atom stereocenters. The second kappa shape index (κ2) is 7.14. The van der Waals surface area contributed by atoms with Crippen LogP contribution in [0.2, 0.25) is 0 Å². The van der Waals surface area contributed by atoms with Crippen molar-refractivity contribution in [3.05, 3.63) is 57.6 Å². The molecular formula is C20H19N3O2S2. The molecule has 0 aliphatic heterocycles. The zero-order valence-corrected chi connectivity index (χ0v) is 17.0. The zero-order valence-electron chi connectivity index (χ0n) is 15.3. The van der Waals surface area contributed by atoms with Crippen molar-refractivity contribution in [1.29, 1.82) is 5.26 Å². The summed E-state index contributed by atoms with van der Waals surface area (Å²) in [6.07, 6.45) is 1.59. The van der Waals surface area contributed by atoms with Crippen LogP contribution in [-0.4, -0.2) is 27.2 Å². The zero-order chi connectivity index (χ0) is 19.8. The molecule has 0 radical (unpaired) electrons. The van der Waals surface area contributed by atoms with Gasteiger partial charge in [0, 0.05) is 28.8 Å². The Hall–Kier alpha value is -2.69. The number of nitrogens with one attached hydrogen (secondary N) is 1. The van der Waals surface area contributed by atoms with Gasteiger partial charge < -0.3 is 5.32 Å². The quantitative estimate of drug-likeness (QED) is 0.684. The highest BCUT2D eigenvalue weighted by Crippen LogP contribution is 2.32. The van der Waals surface area contributed by atoms with E-state index in [9.17, 15) is 14.3 Å². The Bertz CT molecular complexity index is 1180. The largest absolute Gasteiger partial charge is 0.347 e. The summed E-state index contributed by atoms with van der Waals surface area (Å²) in [4.78, 5) is 18.9. The van der Waals surface area contributed by atoms with Gasteiger partial charge in [-0.3, -0.25) is 9.00 Å². The van der Waals surface area contributed by atoms with E-state index in [4.69, 9.17) is 0 Å². The first-order chi connectivity index (χ1) is 12.7. The fraction of sp³-hybridized carbons (Fsp3) is 0.200. The van der Waals surface area contributed by atoms with Gasteiger partial charge in [-0.25, -0.2) is 4.98 Å². The Kier molecular flexibility index (Phi) is 5.05. The van der Waals surface area contributed by atoms with Gasteiger partial charge in [-0.2, -0.15) is 5.26 Å². The van der Waals surface area contributed by atoms with Crippen LogP contribution in [0.4, 0.5) is 0 Å². The summed E-state index contributed by atoms with van der Waals surface area (Å²) in [6.45, 7) is 4.12. The molecule has 1 amide bonds. The molecule has 138 valence electrons. The normalized spacial score (nSPS) is 13.1. The van der Waals surface area contributed by atoms with Crippen LogP contribution in [0.25, 0.3) is 10.2 Å². The average Bonchev–Trinajstić information content (AvgIpc) is 2.98. The molecule has 0 fully saturated rings. The first-order valence-electron chi connectivity index (χ1n) is 8.21. The predicted molar refractivity (Wildman–Crippen MR) is 111 cm³/mol. The molecule has 0 saturated heterocycles. The van der Waals surface area contributed by atoms with E-state index >= 15 is 0 Å². The molecule has 0 saturated carbocycles. The minimum absolute atomic E-state index is 0.299. The molecule has 2 aromatic heterocycles. The first-order valence-corrected chi connectivity index (χ1v) is 11.2. The monoisotopic (exact) mass is 397 g/mol. The molecule has 2 heterocycles. The maximum absolute atomic E-state index is 12.7. The number of hydrogen-bond acceptors (Lipinski definition) is 5. The molecule has 0 aliphatic carbocycles. The molecule has 7 heteroatoms. The Morgan fingerprint density at radius 1 is 1.33 bits per heavy atom. The standard InChI is InChI=1S/C20H19N3O2S2/c1-12-9-13(2)23-20-17(12)16(10-21)18(26-20)19(24)22-11-14-5-7-15(8-6-14)27(3,4)25/h5-9H,3,11H2,1-2,4H3,(H,22,24). The minimum Gasteiger partial charge on any atom is -0.347 e. The third-order valence-electron chi connectivity index (χ3n) is 4.18. The van der Waals surface area contributed by atoms with Crippen LogP contribution >= 0.6 is 11.3 Å². The molecule has 27 heavy (non-hydrogen) atoms. The van der Waals surface area contributed by atoms with Gasteiger partial charge in [-0.15, -0.1) is 11.3 Å². The average molecular weight is 398 g/mol. The third kappa shape index (κ3) is 3.87. The van der Waals surface area contributed by atoms with E-state index in [1.807, 2.05) is 32.0 Å². The van der Waals surface area contributed by atoms with Gasteiger partial charge in [0.2, 0.25) is 0 Å². The number of fused-ring (bicyclic) bond motifs is 1. The fourth-order valence-electron chi connectivity index (χ4n) is 2.87. The summed E-state index contributed by atoms with van der Waals surface area (Å²) in [5.74, 6) is 3.36. The minimum atomic E-state index is -2.25. The van der Waals surface area contributed by atoms with Gasteiger partial charge in [0.1, 0.15) is 15.8 Å². The van der Waals surface area contributed by atoms with Crippen LogP contribution in [0.3, 0.4) is 0 Å². The van der Waals surface area contributed by atoms with E-state index < -0.39 is 9.52 Å². The lowest BCUT2D eigenvalue weighted by Crippen LogP contribution is -2.22. The number of carbonyl (C=O) groups excluding carboxylic acids is 1.